The van der Waals surface area contributed by atoms with E-state index in [-0.39, 0.29) is 29.2 Å². The van der Waals surface area contributed by atoms with Gasteiger partial charge in [-0.25, -0.2) is 19.0 Å². The van der Waals surface area contributed by atoms with Gasteiger partial charge in [-0.3, -0.25) is 9.69 Å². The zero-order valence-corrected chi connectivity index (χ0v) is 22.1. The first-order chi connectivity index (χ1) is 18.4. The van der Waals surface area contributed by atoms with Gasteiger partial charge in [0.25, 0.3) is 0 Å². The van der Waals surface area contributed by atoms with Crippen molar-refractivity contribution in [3.63, 3.8) is 0 Å². The van der Waals surface area contributed by atoms with Crippen LogP contribution in [0.5, 0.6) is 0 Å². The maximum Gasteiger partial charge on any atom is 0.341 e. The molecule has 1 aliphatic rings. The summed E-state index contributed by atoms with van der Waals surface area (Å²) in [5.74, 6) is -0.354. The molecule has 1 saturated carbocycles. The van der Waals surface area contributed by atoms with Crippen LogP contribution in [0.15, 0.2) is 55.0 Å². The number of carbonyl (C=O) groups excluding carboxylic acids is 1. The molecule has 3 aromatic heterocycles. The number of benzene rings is 1. The van der Waals surface area contributed by atoms with Crippen LogP contribution in [-0.4, -0.2) is 47.4 Å². The molecule has 0 aliphatic heterocycles. The van der Waals surface area contributed by atoms with Crippen molar-refractivity contribution in [3.05, 3.63) is 60.6 Å². The first-order valence-electron chi connectivity index (χ1n) is 13.5. The minimum absolute atomic E-state index is 0.00541. The Morgan fingerprint density at radius 3 is 2.42 bits per heavy atom. The average Bonchev–Trinajstić information content (AvgIpc) is 3.57. The van der Waals surface area contributed by atoms with Crippen LogP contribution < -0.4 is 4.90 Å². The van der Waals surface area contributed by atoms with E-state index < -0.39 is 5.97 Å². The van der Waals surface area contributed by atoms with Crippen molar-refractivity contribution >= 4 is 23.3 Å². The number of anilines is 1. The van der Waals surface area contributed by atoms with E-state index in [1.54, 1.807) is 20.3 Å². The number of hydrogen-bond acceptors (Lipinski definition) is 5. The van der Waals surface area contributed by atoms with Gasteiger partial charge < -0.3 is 5.11 Å². The number of aromatic nitrogens is 5. The van der Waals surface area contributed by atoms with E-state index in [1.165, 1.54) is 6.20 Å². The Kier molecular flexibility index (Phi) is 7.26. The molecular formula is C29H34N6O3. The third-order valence-electron chi connectivity index (χ3n) is 7.73. The Morgan fingerprint density at radius 2 is 1.79 bits per heavy atom. The number of carboxylic acids is 1. The van der Waals surface area contributed by atoms with Crippen molar-refractivity contribution < 1.29 is 14.7 Å². The quantitative estimate of drug-likeness (QED) is 0.327. The third kappa shape index (κ3) is 4.92. The van der Waals surface area contributed by atoms with Crippen LogP contribution in [0.25, 0.3) is 22.6 Å². The molecular weight excluding hydrogens is 480 g/mol. The van der Waals surface area contributed by atoms with Crippen molar-refractivity contribution in [2.45, 2.75) is 65.3 Å². The van der Waals surface area contributed by atoms with Crippen molar-refractivity contribution in [1.82, 2.24) is 24.4 Å². The highest BCUT2D eigenvalue weighted by Crippen LogP contribution is 2.34. The minimum atomic E-state index is -1.10. The minimum Gasteiger partial charge on any atom is -0.477 e. The normalized spacial score (nSPS) is 17.7. The van der Waals surface area contributed by atoms with E-state index in [2.05, 4.69) is 17.0 Å². The molecule has 0 spiro atoms. The summed E-state index contributed by atoms with van der Waals surface area (Å²) in [6.07, 6.45) is 10.2. The number of carbonyl (C=O) groups is 2. The van der Waals surface area contributed by atoms with Gasteiger partial charge in [-0.2, -0.15) is 5.10 Å². The van der Waals surface area contributed by atoms with Gasteiger partial charge in [0.05, 0.1) is 11.4 Å². The first-order valence-corrected chi connectivity index (χ1v) is 13.5. The molecule has 5 rings (SSSR count). The molecule has 0 unspecified atom stereocenters. The van der Waals surface area contributed by atoms with Crippen LogP contribution >= 0.6 is 0 Å². The van der Waals surface area contributed by atoms with E-state index >= 15 is 0 Å². The molecule has 1 aromatic carbocycles. The topological polar surface area (TPSA) is 106 Å². The lowest BCUT2D eigenvalue weighted by atomic mass is 9.82. The lowest BCUT2D eigenvalue weighted by Gasteiger charge is -2.34. The molecule has 198 valence electrons. The summed E-state index contributed by atoms with van der Waals surface area (Å²) in [5.41, 5.74) is 3.19. The highest BCUT2D eigenvalue weighted by atomic mass is 16.4. The van der Waals surface area contributed by atoms with Crippen LogP contribution in [0.1, 0.15) is 69.7 Å². The largest absolute Gasteiger partial charge is 0.477 e. The highest BCUT2D eigenvalue weighted by Gasteiger charge is 2.35. The zero-order chi connectivity index (χ0) is 26.8. The summed E-state index contributed by atoms with van der Waals surface area (Å²) in [6.45, 7) is 6.28. The number of amides is 1. The van der Waals surface area contributed by atoms with Crippen LogP contribution in [0, 0.1) is 11.8 Å². The van der Waals surface area contributed by atoms with Gasteiger partial charge in [-0.15, -0.1) is 5.10 Å². The Morgan fingerprint density at radius 1 is 1.08 bits per heavy atom. The summed E-state index contributed by atoms with van der Waals surface area (Å²) >= 11 is 0. The molecule has 1 aliphatic carbocycles. The Balaban J connectivity index is 1.49. The standard InChI is InChI=1S/C29H34N6O3/c1-4-22(5-2)35(28(36)21-9-7-19(3)8-10-21)27-24(29(37)38)18-34(32-27)23-13-11-20(12-14-23)25-17-26-30-15-6-16-33(26)31-25/h6,11-19,21-22H,4-5,7-10H2,1-3H3,(H,37,38). The SMILES string of the molecule is CCC(CC)N(C(=O)C1CCC(C)CC1)c1nn(-c2ccc(-c3cc4ncccn4n3)cc2)cc1C(=O)O. The fraction of sp³-hybridized carbons (Fsp3) is 0.414. The maximum absolute atomic E-state index is 13.8. The second kappa shape index (κ2) is 10.8. The molecule has 38 heavy (non-hydrogen) atoms. The van der Waals surface area contributed by atoms with E-state index in [1.807, 2.05) is 56.4 Å². The lowest BCUT2D eigenvalue weighted by Crippen LogP contribution is -2.45. The van der Waals surface area contributed by atoms with E-state index in [4.69, 9.17) is 5.10 Å². The monoisotopic (exact) mass is 514 g/mol. The smallest absolute Gasteiger partial charge is 0.341 e. The predicted octanol–water partition coefficient (Wildman–Crippen LogP) is 5.63. The molecule has 4 aromatic rings. The molecule has 1 fully saturated rings. The van der Waals surface area contributed by atoms with Crippen LogP contribution in [-0.2, 0) is 4.79 Å². The fourth-order valence-corrected chi connectivity index (χ4v) is 5.40. The molecule has 0 atom stereocenters. The number of aromatic carboxylic acids is 1. The van der Waals surface area contributed by atoms with Gasteiger partial charge in [0.2, 0.25) is 5.91 Å². The van der Waals surface area contributed by atoms with Gasteiger partial charge in [0, 0.05) is 42.2 Å². The Bertz CT molecular complexity index is 1400. The summed E-state index contributed by atoms with van der Waals surface area (Å²) in [5, 5.41) is 19.3. The van der Waals surface area contributed by atoms with E-state index in [0.717, 1.165) is 55.4 Å². The molecule has 0 saturated heterocycles. The summed E-state index contributed by atoms with van der Waals surface area (Å²) in [6, 6.07) is 11.2. The number of rotatable bonds is 8. The summed E-state index contributed by atoms with van der Waals surface area (Å²) in [4.78, 5) is 32.2. The number of nitrogens with zero attached hydrogens (tertiary/aromatic N) is 6. The third-order valence-corrected chi connectivity index (χ3v) is 7.73. The summed E-state index contributed by atoms with van der Waals surface area (Å²) in [7, 11) is 0. The van der Waals surface area contributed by atoms with E-state index in [0.29, 0.717) is 11.6 Å². The second-order valence-electron chi connectivity index (χ2n) is 10.3. The van der Waals surface area contributed by atoms with Crippen LogP contribution in [0.2, 0.25) is 0 Å². The molecule has 0 radical (unpaired) electrons. The molecule has 1 amide bonds. The first kappa shape index (κ1) is 25.6. The van der Waals surface area contributed by atoms with Gasteiger partial charge >= 0.3 is 5.97 Å². The molecule has 9 nitrogen and oxygen atoms in total. The van der Waals surface area contributed by atoms with Crippen molar-refractivity contribution in [3.8, 4) is 16.9 Å². The second-order valence-corrected chi connectivity index (χ2v) is 10.3. The van der Waals surface area contributed by atoms with Gasteiger partial charge in [0.15, 0.2) is 11.5 Å². The van der Waals surface area contributed by atoms with Crippen LogP contribution in [0.4, 0.5) is 5.82 Å². The van der Waals surface area contributed by atoms with Gasteiger partial charge in [-0.05, 0) is 62.6 Å². The van der Waals surface area contributed by atoms with Crippen molar-refractivity contribution in [2.24, 2.45) is 11.8 Å². The molecule has 9 heteroatoms. The number of fused-ring (bicyclic) bond motifs is 1. The molecule has 1 N–H and O–H groups in total. The number of hydrogen-bond donors (Lipinski definition) is 1. The Hall–Kier alpha value is -4.01. The van der Waals surface area contributed by atoms with Crippen molar-refractivity contribution in [2.75, 3.05) is 4.90 Å². The lowest BCUT2D eigenvalue weighted by molar-refractivity contribution is -0.124. The zero-order valence-electron chi connectivity index (χ0n) is 22.1. The number of carboxylic acid groups (broad SMARTS) is 1. The van der Waals surface area contributed by atoms with Crippen molar-refractivity contribution in [1.29, 1.82) is 0 Å². The molecule has 3 heterocycles. The Labute approximate surface area is 222 Å². The average molecular weight is 515 g/mol. The highest BCUT2D eigenvalue weighted by molar-refractivity contribution is 6.02. The molecule has 0 bridgehead atoms. The predicted molar refractivity (Wildman–Crippen MR) is 145 cm³/mol. The van der Waals surface area contributed by atoms with Gasteiger partial charge in [-0.1, -0.05) is 32.9 Å². The summed E-state index contributed by atoms with van der Waals surface area (Å²) < 4.78 is 3.28. The van der Waals surface area contributed by atoms with E-state index in [9.17, 15) is 14.7 Å². The van der Waals surface area contributed by atoms with Crippen LogP contribution in [0.3, 0.4) is 0 Å². The maximum atomic E-state index is 13.8. The van der Waals surface area contributed by atoms with Gasteiger partial charge in [0.1, 0.15) is 5.56 Å². The fourth-order valence-electron chi connectivity index (χ4n) is 5.40.